The van der Waals surface area contributed by atoms with Crippen molar-refractivity contribution in [2.24, 2.45) is 0 Å². The highest BCUT2D eigenvalue weighted by Crippen LogP contribution is 2.39. The number of hydrogen-bond acceptors (Lipinski definition) is 2. The summed E-state index contributed by atoms with van der Waals surface area (Å²) in [7, 11) is 4.55. The summed E-state index contributed by atoms with van der Waals surface area (Å²) >= 11 is 0. The van der Waals surface area contributed by atoms with Gasteiger partial charge in [-0.1, -0.05) is 100 Å². The number of rotatable bonds is 7. The van der Waals surface area contributed by atoms with Crippen molar-refractivity contribution in [1.29, 1.82) is 0 Å². The smallest absolute Gasteiger partial charge is 0.127 e. The van der Waals surface area contributed by atoms with E-state index in [1.165, 1.54) is 43.5 Å². The minimum absolute atomic E-state index is 0.519. The van der Waals surface area contributed by atoms with Crippen molar-refractivity contribution in [3.05, 3.63) is 95.1 Å². The first-order chi connectivity index (χ1) is 16.4. The molecular formula is C30H32O2P2. The first-order valence-corrected chi connectivity index (χ1v) is 13.4. The first-order valence-electron chi connectivity index (χ1n) is 11.4. The van der Waals surface area contributed by atoms with Gasteiger partial charge < -0.3 is 9.47 Å². The molecule has 0 N–H and O–H groups in total. The molecule has 0 saturated heterocycles. The molecule has 0 saturated carbocycles. The minimum atomic E-state index is 0.519. The fourth-order valence-electron chi connectivity index (χ4n) is 4.53. The Labute approximate surface area is 207 Å². The largest absolute Gasteiger partial charge is 0.496 e. The molecule has 4 aromatic rings. The van der Waals surface area contributed by atoms with Gasteiger partial charge in [-0.05, 0) is 61.0 Å². The molecule has 0 aliphatic heterocycles. The lowest BCUT2D eigenvalue weighted by Crippen LogP contribution is -2.15. The molecule has 2 atom stereocenters. The lowest BCUT2D eigenvalue weighted by molar-refractivity contribution is 0.411. The van der Waals surface area contributed by atoms with Gasteiger partial charge in [0, 0.05) is 11.1 Å². The molecule has 4 aromatic carbocycles. The zero-order valence-corrected chi connectivity index (χ0v) is 22.7. The molecule has 34 heavy (non-hydrogen) atoms. The van der Waals surface area contributed by atoms with Crippen LogP contribution < -0.4 is 30.7 Å². The van der Waals surface area contributed by atoms with Crippen LogP contribution in [0, 0.1) is 27.7 Å². The maximum Gasteiger partial charge on any atom is 0.127 e. The average Bonchev–Trinajstić information content (AvgIpc) is 2.77. The van der Waals surface area contributed by atoms with Gasteiger partial charge in [0.1, 0.15) is 11.5 Å². The third kappa shape index (κ3) is 5.52. The predicted molar refractivity (Wildman–Crippen MR) is 152 cm³/mol. The van der Waals surface area contributed by atoms with Gasteiger partial charge in [-0.15, -0.1) is 0 Å². The van der Waals surface area contributed by atoms with Gasteiger partial charge in [-0.3, -0.25) is 0 Å². The maximum atomic E-state index is 5.92. The summed E-state index contributed by atoms with van der Waals surface area (Å²) in [4.78, 5) is 0. The summed E-state index contributed by atoms with van der Waals surface area (Å²) < 4.78 is 11.8. The lowest BCUT2D eigenvalue weighted by atomic mass is 10.0. The monoisotopic (exact) mass is 486 g/mol. The molecule has 0 spiro atoms. The van der Waals surface area contributed by atoms with Crippen LogP contribution in [0.5, 0.6) is 11.5 Å². The molecule has 0 heterocycles. The summed E-state index contributed by atoms with van der Waals surface area (Å²) in [6, 6.07) is 26.3. The van der Waals surface area contributed by atoms with Crippen molar-refractivity contribution in [1.82, 2.24) is 0 Å². The van der Waals surface area contributed by atoms with E-state index in [-0.39, 0.29) is 0 Å². The van der Waals surface area contributed by atoms with Crippen molar-refractivity contribution in [3.8, 4) is 22.6 Å². The number of methoxy groups -OCH3 is 2. The Hall–Kier alpha value is -2.66. The van der Waals surface area contributed by atoms with E-state index in [9.17, 15) is 0 Å². The van der Waals surface area contributed by atoms with E-state index in [2.05, 4.69) is 100 Å². The van der Waals surface area contributed by atoms with Crippen LogP contribution in [0.4, 0.5) is 0 Å². The summed E-state index contributed by atoms with van der Waals surface area (Å²) in [6.45, 7) is 8.65. The van der Waals surface area contributed by atoms with Gasteiger partial charge in [-0.25, -0.2) is 0 Å². The molecule has 4 heteroatoms. The summed E-state index contributed by atoms with van der Waals surface area (Å²) in [5, 5.41) is 5.20. The van der Waals surface area contributed by atoms with Crippen molar-refractivity contribution in [2.45, 2.75) is 27.7 Å². The zero-order chi connectivity index (χ0) is 24.2. The van der Waals surface area contributed by atoms with E-state index in [0.29, 0.717) is 17.2 Å². The van der Waals surface area contributed by atoms with Crippen LogP contribution in [0.3, 0.4) is 0 Å². The molecule has 0 fully saturated rings. The van der Waals surface area contributed by atoms with Crippen molar-refractivity contribution < 1.29 is 9.47 Å². The van der Waals surface area contributed by atoms with E-state index < -0.39 is 0 Å². The second kappa shape index (κ2) is 10.7. The normalized spacial score (nSPS) is 11.6. The summed E-state index contributed by atoms with van der Waals surface area (Å²) in [5.74, 6) is 1.76. The Morgan fingerprint density at radius 3 is 1.18 bits per heavy atom. The Kier molecular flexibility index (Phi) is 7.72. The van der Waals surface area contributed by atoms with Gasteiger partial charge in [0.05, 0.1) is 14.2 Å². The van der Waals surface area contributed by atoms with Crippen molar-refractivity contribution >= 4 is 38.4 Å². The summed E-state index contributed by atoms with van der Waals surface area (Å²) in [5.41, 5.74) is 7.43. The fraction of sp³-hybridized carbons (Fsp3) is 0.200. The van der Waals surface area contributed by atoms with Crippen LogP contribution in [-0.2, 0) is 0 Å². The number of hydrogen-bond donors (Lipinski definition) is 0. The maximum absolute atomic E-state index is 5.92. The molecule has 0 aliphatic rings. The highest BCUT2D eigenvalue weighted by atomic mass is 31.1. The van der Waals surface area contributed by atoms with Crippen LogP contribution in [0.2, 0.25) is 0 Å². The Morgan fingerprint density at radius 2 is 0.853 bits per heavy atom. The highest BCUT2D eigenvalue weighted by molar-refractivity contribution is 7.56. The highest BCUT2D eigenvalue weighted by Gasteiger charge is 2.20. The molecule has 174 valence electrons. The fourth-order valence-corrected chi connectivity index (χ4v) is 7.46. The molecule has 0 amide bonds. The molecule has 0 aliphatic carbocycles. The van der Waals surface area contributed by atoms with Crippen molar-refractivity contribution in [2.75, 3.05) is 14.2 Å². The standard InChI is InChI=1S/C30H32O2P2/c1-19-13-20(2)16-23(15-19)33-27-11-7-9-25(31-5)29(27)30-26(32-6)10-8-12-28(30)34-24-17-21(3)14-22(4)18-24/h7-18,33-34H,1-6H3. The van der Waals surface area contributed by atoms with Gasteiger partial charge in [0.25, 0.3) is 0 Å². The topological polar surface area (TPSA) is 18.5 Å². The zero-order valence-electron chi connectivity index (χ0n) is 20.7. The van der Waals surface area contributed by atoms with Crippen LogP contribution in [0.15, 0.2) is 72.8 Å². The number of benzene rings is 4. The van der Waals surface area contributed by atoms with Gasteiger partial charge >= 0.3 is 0 Å². The van der Waals surface area contributed by atoms with Crippen LogP contribution in [0.25, 0.3) is 11.1 Å². The second-order valence-electron chi connectivity index (χ2n) is 8.77. The van der Waals surface area contributed by atoms with Crippen LogP contribution >= 0.6 is 17.2 Å². The van der Waals surface area contributed by atoms with E-state index in [4.69, 9.17) is 9.47 Å². The molecule has 0 radical (unpaired) electrons. The van der Waals surface area contributed by atoms with Gasteiger partial charge in [0.2, 0.25) is 0 Å². The van der Waals surface area contributed by atoms with E-state index >= 15 is 0 Å². The van der Waals surface area contributed by atoms with E-state index in [1.807, 2.05) is 0 Å². The predicted octanol–water partition coefficient (Wildman–Crippen LogP) is 5.86. The average molecular weight is 487 g/mol. The molecule has 4 rings (SSSR count). The van der Waals surface area contributed by atoms with Crippen molar-refractivity contribution in [3.63, 3.8) is 0 Å². The Morgan fingerprint density at radius 1 is 0.500 bits per heavy atom. The quantitative estimate of drug-likeness (QED) is 0.305. The number of aryl methyl sites for hydroxylation is 4. The van der Waals surface area contributed by atoms with Gasteiger partial charge in [-0.2, -0.15) is 0 Å². The van der Waals surface area contributed by atoms with Crippen LogP contribution in [0.1, 0.15) is 22.3 Å². The summed E-state index contributed by atoms with van der Waals surface area (Å²) in [6.07, 6.45) is 0. The molecule has 0 aromatic heterocycles. The Bertz CT molecular complexity index is 1180. The lowest BCUT2D eigenvalue weighted by Gasteiger charge is -2.20. The SMILES string of the molecule is COc1cccc(Pc2cc(C)cc(C)c2)c1-c1c(OC)cccc1Pc1cc(C)cc(C)c1. The minimum Gasteiger partial charge on any atom is -0.496 e. The van der Waals surface area contributed by atoms with Gasteiger partial charge in [0.15, 0.2) is 0 Å². The first kappa shape index (κ1) is 24.5. The third-order valence-electron chi connectivity index (χ3n) is 5.74. The van der Waals surface area contributed by atoms with E-state index in [1.54, 1.807) is 14.2 Å². The Balaban J connectivity index is 1.89. The molecule has 2 nitrogen and oxygen atoms in total. The number of ether oxygens (including phenoxy) is 2. The van der Waals surface area contributed by atoms with E-state index in [0.717, 1.165) is 22.6 Å². The molecule has 2 unspecified atom stereocenters. The second-order valence-corrected chi connectivity index (χ2v) is 11.5. The van der Waals surface area contributed by atoms with Crippen LogP contribution in [-0.4, -0.2) is 14.2 Å². The molecular weight excluding hydrogens is 454 g/mol. The molecule has 0 bridgehead atoms. The third-order valence-corrected chi connectivity index (χ3v) is 8.27.